The summed E-state index contributed by atoms with van der Waals surface area (Å²) in [6, 6.07) is 6.87. The molecular formula is C10H12Cl3NO. The van der Waals surface area contributed by atoms with Gasteiger partial charge in [-0.05, 0) is 12.0 Å². The van der Waals surface area contributed by atoms with E-state index < -0.39 is 3.79 Å². The fraction of sp³-hybridized carbons (Fsp3) is 0.400. The van der Waals surface area contributed by atoms with Crippen molar-refractivity contribution in [1.29, 1.82) is 0 Å². The second kappa shape index (κ2) is 5.37. The molecule has 1 unspecified atom stereocenters. The molecule has 0 saturated heterocycles. The molecule has 1 aromatic carbocycles. The van der Waals surface area contributed by atoms with E-state index in [4.69, 9.17) is 45.6 Å². The second-order valence-electron chi connectivity index (χ2n) is 3.24. The standard InChI is InChI=1S/C10H12Cl3NO/c11-10(12,13)8-3-1-7(2-4-8)9(14)5-6-15/h1-4,9,15H,5-6,14H2. The molecule has 0 aliphatic heterocycles. The molecule has 0 spiro atoms. The van der Waals surface area contributed by atoms with Crippen LogP contribution in [0.2, 0.25) is 0 Å². The monoisotopic (exact) mass is 267 g/mol. The summed E-state index contributed by atoms with van der Waals surface area (Å²) < 4.78 is -1.40. The van der Waals surface area contributed by atoms with E-state index in [0.717, 1.165) is 5.56 Å². The SMILES string of the molecule is NC(CCO)c1ccc(C(Cl)(Cl)Cl)cc1. The Morgan fingerprint density at radius 3 is 2.13 bits per heavy atom. The maximum Gasteiger partial charge on any atom is 0.216 e. The van der Waals surface area contributed by atoms with E-state index in [1.807, 2.05) is 0 Å². The van der Waals surface area contributed by atoms with Crippen LogP contribution in [0.4, 0.5) is 0 Å². The summed E-state index contributed by atoms with van der Waals surface area (Å²) in [7, 11) is 0. The van der Waals surface area contributed by atoms with Crippen molar-refractivity contribution in [3.05, 3.63) is 35.4 Å². The Hall–Kier alpha value is 0.01000. The normalized spacial score (nSPS) is 13.9. The number of hydrogen-bond acceptors (Lipinski definition) is 2. The maximum atomic E-state index is 8.74. The van der Waals surface area contributed by atoms with E-state index in [0.29, 0.717) is 12.0 Å². The molecule has 0 saturated carbocycles. The Balaban J connectivity index is 2.81. The molecule has 2 nitrogen and oxygen atoms in total. The summed E-state index contributed by atoms with van der Waals surface area (Å²) in [5, 5.41) is 8.74. The van der Waals surface area contributed by atoms with Gasteiger partial charge in [-0.15, -0.1) is 0 Å². The molecule has 5 heteroatoms. The minimum Gasteiger partial charge on any atom is -0.396 e. The molecule has 0 radical (unpaired) electrons. The molecule has 0 bridgehead atoms. The first-order chi connectivity index (χ1) is 6.95. The first-order valence-corrected chi connectivity index (χ1v) is 5.62. The van der Waals surface area contributed by atoms with E-state index in [1.54, 1.807) is 24.3 Å². The van der Waals surface area contributed by atoms with E-state index in [-0.39, 0.29) is 12.6 Å². The summed E-state index contributed by atoms with van der Waals surface area (Å²) in [6.45, 7) is 0.0629. The van der Waals surface area contributed by atoms with Gasteiger partial charge >= 0.3 is 0 Å². The van der Waals surface area contributed by atoms with Crippen LogP contribution in [0.15, 0.2) is 24.3 Å². The summed E-state index contributed by atoms with van der Waals surface area (Å²) in [5.74, 6) is 0. The van der Waals surface area contributed by atoms with Crippen LogP contribution in [0.3, 0.4) is 0 Å². The van der Waals surface area contributed by atoms with Crippen LogP contribution in [-0.4, -0.2) is 11.7 Å². The van der Waals surface area contributed by atoms with Crippen LogP contribution in [0.25, 0.3) is 0 Å². The molecule has 0 aliphatic carbocycles. The van der Waals surface area contributed by atoms with Crippen LogP contribution < -0.4 is 5.73 Å². The minimum atomic E-state index is -1.40. The molecule has 0 aromatic heterocycles. The van der Waals surface area contributed by atoms with Gasteiger partial charge in [-0.25, -0.2) is 0 Å². The van der Waals surface area contributed by atoms with Gasteiger partial charge in [0.25, 0.3) is 0 Å². The molecule has 0 aliphatic rings. The van der Waals surface area contributed by atoms with Crippen molar-refractivity contribution in [2.24, 2.45) is 5.73 Å². The number of hydrogen-bond donors (Lipinski definition) is 2. The van der Waals surface area contributed by atoms with Crippen molar-refractivity contribution >= 4 is 34.8 Å². The van der Waals surface area contributed by atoms with Gasteiger partial charge < -0.3 is 10.8 Å². The molecule has 1 atom stereocenters. The van der Waals surface area contributed by atoms with Gasteiger partial charge in [0.05, 0.1) is 0 Å². The van der Waals surface area contributed by atoms with Gasteiger partial charge in [0, 0.05) is 18.2 Å². The Bertz CT molecular complexity index is 307. The fourth-order valence-corrected chi connectivity index (χ4v) is 1.60. The highest BCUT2D eigenvalue weighted by Gasteiger charge is 2.22. The first-order valence-electron chi connectivity index (χ1n) is 4.48. The average Bonchev–Trinajstić information content (AvgIpc) is 2.17. The largest absolute Gasteiger partial charge is 0.396 e. The van der Waals surface area contributed by atoms with E-state index in [9.17, 15) is 0 Å². The van der Waals surface area contributed by atoms with Gasteiger partial charge in [0.1, 0.15) is 0 Å². The van der Waals surface area contributed by atoms with E-state index in [2.05, 4.69) is 0 Å². The zero-order chi connectivity index (χ0) is 11.5. The molecule has 84 valence electrons. The summed E-state index contributed by atoms with van der Waals surface area (Å²) in [6.07, 6.45) is 0.521. The van der Waals surface area contributed by atoms with Gasteiger partial charge in [-0.1, -0.05) is 59.1 Å². The van der Waals surface area contributed by atoms with Gasteiger partial charge in [0.15, 0.2) is 0 Å². The predicted molar refractivity (Wildman–Crippen MR) is 64.3 cm³/mol. The minimum absolute atomic E-state index is 0.0629. The molecule has 1 aromatic rings. The van der Waals surface area contributed by atoms with Crippen LogP contribution in [0.5, 0.6) is 0 Å². The Kier molecular flexibility index (Phi) is 4.68. The lowest BCUT2D eigenvalue weighted by Gasteiger charge is -2.14. The van der Waals surface area contributed by atoms with Gasteiger partial charge in [0.2, 0.25) is 3.79 Å². The summed E-state index contributed by atoms with van der Waals surface area (Å²) in [5.41, 5.74) is 7.33. The lowest BCUT2D eigenvalue weighted by atomic mass is 10.0. The highest BCUT2D eigenvalue weighted by Crippen LogP contribution is 2.38. The Labute approximate surface area is 104 Å². The van der Waals surface area contributed by atoms with E-state index in [1.165, 1.54) is 0 Å². The third kappa shape index (κ3) is 3.82. The molecule has 15 heavy (non-hydrogen) atoms. The third-order valence-electron chi connectivity index (χ3n) is 2.11. The van der Waals surface area contributed by atoms with Crippen molar-refractivity contribution in [2.75, 3.05) is 6.61 Å². The van der Waals surface area contributed by atoms with Gasteiger partial charge in [-0.2, -0.15) is 0 Å². The molecule has 0 heterocycles. The molecular weight excluding hydrogens is 256 g/mol. The number of nitrogens with two attached hydrogens (primary N) is 1. The number of rotatable bonds is 3. The molecule has 1 rings (SSSR count). The van der Waals surface area contributed by atoms with E-state index >= 15 is 0 Å². The van der Waals surface area contributed by atoms with Crippen LogP contribution in [-0.2, 0) is 3.79 Å². The quantitative estimate of drug-likeness (QED) is 0.828. The van der Waals surface area contributed by atoms with Crippen LogP contribution in [0.1, 0.15) is 23.6 Å². The first kappa shape index (κ1) is 13.1. The number of aliphatic hydroxyl groups excluding tert-OH is 1. The smallest absolute Gasteiger partial charge is 0.216 e. The van der Waals surface area contributed by atoms with Crippen molar-refractivity contribution in [2.45, 2.75) is 16.3 Å². The zero-order valence-corrected chi connectivity index (χ0v) is 10.2. The highest BCUT2D eigenvalue weighted by atomic mass is 35.6. The predicted octanol–water partition coefficient (Wildman–Crippen LogP) is 2.90. The topological polar surface area (TPSA) is 46.2 Å². The van der Waals surface area contributed by atoms with Crippen LogP contribution >= 0.6 is 34.8 Å². The van der Waals surface area contributed by atoms with Crippen molar-refractivity contribution < 1.29 is 5.11 Å². The van der Waals surface area contributed by atoms with Crippen molar-refractivity contribution in [3.63, 3.8) is 0 Å². The summed E-state index contributed by atoms with van der Waals surface area (Å²) >= 11 is 17.1. The van der Waals surface area contributed by atoms with Gasteiger partial charge in [-0.3, -0.25) is 0 Å². The van der Waals surface area contributed by atoms with Crippen molar-refractivity contribution in [3.8, 4) is 0 Å². The summed E-state index contributed by atoms with van der Waals surface area (Å²) in [4.78, 5) is 0. The lowest BCUT2D eigenvalue weighted by Crippen LogP contribution is -2.12. The third-order valence-corrected chi connectivity index (χ3v) is 2.76. The number of halogens is 3. The second-order valence-corrected chi connectivity index (χ2v) is 5.52. The molecule has 0 fully saturated rings. The average molecular weight is 269 g/mol. The van der Waals surface area contributed by atoms with Crippen LogP contribution in [0, 0.1) is 0 Å². The maximum absolute atomic E-state index is 8.74. The number of benzene rings is 1. The molecule has 3 N–H and O–H groups in total. The number of alkyl halides is 3. The Morgan fingerprint density at radius 1 is 1.20 bits per heavy atom. The lowest BCUT2D eigenvalue weighted by molar-refractivity contribution is 0.276. The Morgan fingerprint density at radius 2 is 1.73 bits per heavy atom. The molecule has 0 amide bonds. The highest BCUT2D eigenvalue weighted by molar-refractivity contribution is 6.66. The zero-order valence-electron chi connectivity index (χ0n) is 7.96. The fourth-order valence-electron chi connectivity index (χ4n) is 1.23. The van der Waals surface area contributed by atoms with Crippen molar-refractivity contribution in [1.82, 2.24) is 0 Å². The number of aliphatic hydroxyl groups is 1.